The van der Waals surface area contributed by atoms with Crippen molar-refractivity contribution < 1.29 is 81.4 Å². The summed E-state index contributed by atoms with van der Waals surface area (Å²) in [6.07, 6.45) is 12.0. The third kappa shape index (κ3) is 17.4. The number of carbonyl (C=O) groups is 8. The summed E-state index contributed by atoms with van der Waals surface area (Å²) in [5.74, 6) is -0.901. The summed E-state index contributed by atoms with van der Waals surface area (Å²) >= 11 is 0. The largest absolute Gasteiger partial charge is 0.489 e. The lowest BCUT2D eigenvalue weighted by Gasteiger charge is -2.42. The van der Waals surface area contributed by atoms with Crippen molar-refractivity contribution in [3.05, 3.63) is 167 Å². The number of ketones is 1. The maximum absolute atomic E-state index is 14.2. The molecule has 4 saturated heterocycles. The number of fused-ring (bicyclic) bond motifs is 4. The van der Waals surface area contributed by atoms with Crippen LogP contribution in [0.2, 0.25) is 0 Å². The number of anilines is 4. The van der Waals surface area contributed by atoms with E-state index >= 15 is 0 Å². The molecule has 6 amide bonds. The topological polar surface area (TPSA) is 303 Å². The number of nitrogens with one attached hydrogen (secondary N) is 2. The second kappa shape index (κ2) is 33.5. The summed E-state index contributed by atoms with van der Waals surface area (Å²) in [6, 6.07) is 20.9. The van der Waals surface area contributed by atoms with E-state index in [-0.39, 0.29) is 92.2 Å². The van der Waals surface area contributed by atoms with Crippen LogP contribution >= 0.6 is 0 Å². The normalized spacial score (nSPS) is 20.1. The van der Waals surface area contributed by atoms with Crippen LogP contribution in [0.25, 0.3) is 0 Å². The minimum absolute atomic E-state index is 0.00939. The van der Waals surface area contributed by atoms with E-state index in [9.17, 15) is 43.5 Å². The molecule has 102 heavy (non-hydrogen) atoms. The fourth-order valence-electron chi connectivity index (χ4n) is 13.7. The zero-order valence-electron chi connectivity index (χ0n) is 58.2. The molecule has 0 spiro atoms. The van der Waals surface area contributed by atoms with Crippen LogP contribution in [-0.4, -0.2) is 158 Å². The third-order valence-electron chi connectivity index (χ3n) is 18.5. The highest BCUT2D eigenvalue weighted by atomic mass is 16.7. The highest BCUT2D eigenvalue weighted by Gasteiger charge is 2.49. The molecule has 8 heterocycles. The molecule has 6 aromatic rings. The standard InChI is InChI=1S/C38H45N5O8.C37H43N5O9/c1-5-16-49-38(47)43-30-21-31(50-23-27-12-10-11-26(19-27)20-33(45)39-32-22-41(4)35(40-32)25(3)44)24(2)18-28(30)36(46)42-15-8-6-13-29(42)37(43)51-34-14-7-9-17-48-34;1-4-15-49-37(47)42-28-20-29(50-22-25-11-9-10-24(18-25)19-31(43)38-30-21-40(3)33(39-30)36(45)46)23(2)17-26(28)34(44)41-14-7-5-12-27(41)35(42)51-32-13-6-8-16-48-32/h5,10-12,18-19,21-22,29,34,37H,1,6-9,13-17,20,23H2,2-4H3,(H,39,45);4,9-11,17-18,20-21,27,32,35H,1,5-8,12-16,19,22H2,2-3H3,(H,38,43)(H,45,46)/t29-,34?,37?;27-,32?,35?/m00/s1. The van der Waals surface area contributed by atoms with E-state index in [1.165, 1.54) is 46.7 Å². The zero-order valence-corrected chi connectivity index (χ0v) is 58.2. The number of ether oxygens (including phenoxy) is 8. The number of carboxylic acid groups (broad SMARTS) is 1. The fraction of sp³-hybridized carbons (Fsp3) is 0.440. The smallest absolute Gasteiger partial charge is 0.416 e. The number of nitrogens with zero attached hydrogens (tertiary/aromatic N) is 8. The van der Waals surface area contributed by atoms with Crippen LogP contribution in [0.5, 0.6) is 11.5 Å². The van der Waals surface area contributed by atoms with Crippen LogP contribution < -0.4 is 29.9 Å². The predicted molar refractivity (Wildman–Crippen MR) is 374 cm³/mol. The van der Waals surface area contributed by atoms with Crippen LogP contribution in [0.4, 0.5) is 32.6 Å². The molecule has 540 valence electrons. The molecule has 6 atom stereocenters. The summed E-state index contributed by atoms with van der Waals surface area (Å²) in [7, 11) is 3.23. The van der Waals surface area contributed by atoms with Gasteiger partial charge in [-0.2, -0.15) is 0 Å². The van der Waals surface area contributed by atoms with E-state index in [4.69, 9.17) is 37.9 Å². The van der Waals surface area contributed by atoms with Gasteiger partial charge in [0.15, 0.2) is 48.3 Å². The van der Waals surface area contributed by atoms with Crippen LogP contribution in [0.3, 0.4) is 0 Å². The van der Waals surface area contributed by atoms with Crippen molar-refractivity contribution in [3.63, 3.8) is 0 Å². The van der Waals surface area contributed by atoms with Gasteiger partial charge in [0, 0.05) is 71.8 Å². The van der Waals surface area contributed by atoms with E-state index in [1.54, 1.807) is 48.1 Å². The number of aromatic nitrogens is 4. The summed E-state index contributed by atoms with van der Waals surface area (Å²) in [5, 5.41) is 14.6. The molecule has 27 heteroatoms. The predicted octanol–water partition coefficient (Wildman–Crippen LogP) is 10.9. The molecule has 4 fully saturated rings. The first-order valence-corrected chi connectivity index (χ1v) is 34.7. The van der Waals surface area contributed by atoms with E-state index < -0.39 is 49.2 Å². The van der Waals surface area contributed by atoms with Crippen molar-refractivity contribution in [3.8, 4) is 11.5 Å². The molecule has 12 rings (SSSR count). The lowest BCUT2D eigenvalue weighted by Crippen LogP contribution is -2.57. The number of Topliss-reactive ketones (excluding diaryl/α,β-unsaturated/α-hetero) is 1. The Balaban J connectivity index is 0.000000205. The van der Waals surface area contributed by atoms with Gasteiger partial charge in [-0.15, -0.1) is 0 Å². The maximum Gasteiger partial charge on any atom is 0.416 e. The molecule has 4 unspecified atom stereocenters. The first-order chi connectivity index (χ1) is 49.2. The number of carboxylic acids is 1. The van der Waals surface area contributed by atoms with Gasteiger partial charge in [-0.05, 0) is 136 Å². The number of hydrogen-bond acceptors (Lipinski definition) is 18. The van der Waals surface area contributed by atoms with Crippen LogP contribution in [0.1, 0.15) is 159 Å². The molecule has 6 aliphatic heterocycles. The minimum atomic E-state index is -1.19. The number of rotatable bonds is 22. The molecule has 0 aliphatic carbocycles. The van der Waals surface area contributed by atoms with Gasteiger partial charge in [0.2, 0.25) is 17.6 Å². The number of piperidine rings is 2. The average molecular weight is 1400 g/mol. The molecule has 3 N–H and O–H groups in total. The number of hydrogen-bond donors (Lipinski definition) is 3. The lowest BCUT2D eigenvalue weighted by molar-refractivity contribution is -0.199. The number of aryl methyl sites for hydroxylation is 4. The van der Waals surface area contributed by atoms with Crippen molar-refractivity contribution >= 4 is 70.6 Å². The Hall–Kier alpha value is -10.2. The summed E-state index contributed by atoms with van der Waals surface area (Å²) in [6.45, 7) is 15.0. The van der Waals surface area contributed by atoms with Gasteiger partial charge >= 0.3 is 18.2 Å². The second-order valence-corrected chi connectivity index (χ2v) is 26.2. The summed E-state index contributed by atoms with van der Waals surface area (Å²) < 4.78 is 51.8. The van der Waals surface area contributed by atoms with Gasteiger partial charge in [-0.1, -0.05) is 73.8 Å². The van der Waals surface area contributed by atoms with Gasteiger partial charge in [0.05, 0.1) is 47.4 Å². The Labute approximate surface area is 591 Å². The molecular weight excluding hydrogens is 1310 g/mol. The molecule has 0 saturated carbocycles. The van der Waals surface area contributed by atoms with Crippen LogP contribution in [0, 0.1) is 13.8 Å². The Bertz CT molecular complexity index is 3860. The Morgan fingerprint density at radius 3 is 1.39 bits per heavy atom. The SMILES string of the molecule is C=CCOC(=O)N1c2cc(OCc3cccc(CC(=O)Nc4cn(C)c(C(=O)O)n4)c3)c(C)cc2C(=O)N2CCCC[C@H]2C1OC1CCCCO1.C=CCOC(=O)N1c2cc(OCc3cccc(CC(=O)Nc4cn(C)c(C(C)=O)n4)c3)c(C)cc2C(=O)N2CCCC[C@H]2C1OC1CCCCO1. The van der Waals surface area contributed by atoms with Crippen LogP contribution in [-0.2, 0) is 78.2 Å². The summed E-state index contributed by atoms with van der Waals surface area (Å²) in [5.41, 5.74) is 5.90. The average Bonchev–Trinajstić information content (AvgIpc) is 1.60. The van der Waals surface area contributed by atoms with Gasteiger partial charge in [-0.3, -0.25) is 24.0 Å². The molecule has 0 radical (unpaired) electrons. The molecule has 4 aromatic carbocycles. The van der Waals surface area contributed by atoms with Gasteiger partial charge in [-0.25, -0.2) is 34.2 Å². The van der Waals surface area contributed by atoms with Crippen molar-refractivity contribution in [1.82, 2.24) is 28.9 Å². The van der Waals surface area contributed by atoms with E-state index in [0.717, 1.165) is 73.6 Å². The van der Waals surface area contributed by atoms with Crippen LogP contribution in [0.15, 0.2) is 111 Å². The highest BCUT2D eigenvalue weighted by molar-refractivity contribution is 6.07. The summed E-state index contributed by atoms with van der Waals surface area (Å²) in [4.78, 5) is 119. The van der Waals surface area contributed by atoms with Crippen molar-refractivity contribution in [2.45, 2.75) is 161 Å². The number of carbonyl (C=O) groups excluding carboxylic acids is 7. The molecule has 2 aromatic heterocycles. The van der Waals surface area contributed by atoms with Gasteiger partial charge in [0.1, 0.15) is 37.9 Å². The van der Waals surface area contributed by atoms with E-state index in [1.807, 2.05) is 66.1 Å². The van der Waals surface area contributed by atoms with Crippen molar-refractivity contribution in [2.75, 3.05) is 60.0 Å². The highest BCUT2D eigenvalue weighted by Crippen LogP contribution is 2.43. The lowest BCUT2D eigenvalue weighted by atomic mass is 10.00. The van der Waals surface area contributed by atoms with Gasteiger partial charge < -0.3 is 72.6 Å². The van der Waals surface area contributed by atoms with E-state index in [2.05, 4.69) is 33.8 Å². The van der Waals surface area contributed by atoms with Crippen molar-refractivity contribution in [1.29, 1.82) is 0 Å². The van der Waals surface area contributed by atoms with Gasteiger partial charge in [0.25, 0.3) is 11.8 Å². The Kier molecular flexibility index (Phi) is 24.0. The molecule has 6 aliphatic rings. The molecule has 27 nitrogen and oxygen atoms in total. The first kappa shape index (κ1) is 73.0. The van der Waals surface area contributed by atoms with Crippen molar-refractivity contribution in [2.24, 2.45) is 14.1 Å². The molecule has 0 bridgehead atoms. The first-order valence-electron chi connectivity index (χ1n) is 34.7. The minimum Gasteiger partial charge on any atom is -0.489 e. The maximum atomic E-state index is 14.2. The third-order valence-corrected chi connectivity index (χ3v) is 18.5. The van der Waals surface area contributed by atoms with E-state index in [0.29, 0.717) is 103 Å². The number of imidazole rings is 2. The number of benzene rings is 4. The Morgan fingerprint density at radius 1 is 0.578 bits per heavy atom. The zero-order chi connectivity index (χ0) is 72.1. The Morgan fingerprint density at radius 2 is 1.00 bits per heavy atom. The quantitative estimate of drug-likeness (QED) is 0.0420. The molecular formula is C75H88N10O17. The monoisotopic (exact) mass is 1400 g/mol. The second-order valence-electron chi connectivity index (χ2n) is 26.2. The fourth-order valence-corrected chi connectivity index (χ4v) is 13.7. The number of aromatic carboxylic acids is 1. The number of amides is 6.